The fourth-order valence-electron chi connectivity index (χ4n) is 3.07. The third-order valence-electron chi connectivity index (χ3n) is 4.43. The van der Waals surface area contributed by atoms with Crippen LogP contribution in [-0.2, 0) is 11.3 Å². The molecule has 1 aliphatic heterocycles. The summed E-state index contributed by atoms with van der Waals surface area (Å²) in [5.74, 6) is 0.423. The summed E-state index contributed by atoms with van der Waals surface area (Å²) in [6.07, 6.45) is 2.13. The van der Waals surface area contributed by atoms with Crippen molar-refractivity contribution in [2.75, 3.05) is 13.1 Å². The second-order valence-corrected chi connectivity index (χ2v) is 6.23. The highest BCUT2D eigenvalue weighted by molar-refractivity contribution is 5.78. The van der Waals surface area contributed by atoms with Crippen LogP contribution in [0.1, 0.15) is 6.42 Å². The van der Waals surface area contributed by atoms with E-state index < -0.39 is 0 Å². The summed E-state index contributed by atoms with van der Waals surface area (Å²) in [4.78, 5) is 30.3. The van der Waals surface area contributed by atoms with Crippen LogP contribution in [0.4, 0.5) is 0 Å². The van der Waals surface area contributed by atoms with Crippen LogP contribution in [0.5, 0.6) is 5.88 Å². The average molecular weight is 350 g/mol. The molecule has 1 saturated heterocycles. The lowest BCUT2D eigenvalue weighted by Crippen LogP contribution is -2.36. The summed E-state index contributed by atoms with van der Waals surface area (Å²) >= 11 is 0. The Kier molecular flexibility index (Phi) is 4.35. The molecule has 0 aliphatic carbocycles. The molecule has 0 spiro atoms. The standard InChI is InChI=1S/C19H18N4O3/c24-18-6-3-10-20-23(18)13-19(25)22-11-9-15(12-22)26-17-8-7-14-4-1-2-5-16(14)21-17/h1-8,10,15H,9,11-13H2. The molecule has 1 atom stereocenters. The van der Waals surface area contributed by atoms with Gasteiger partial charge in [-0.3, -0.25) is 9.59 Å². The van der Waals surface area contributed by atoms with Crippen LogP contribution >= 0.6 is 0 Å². The Bertz CT molecular complexity index is 1000. The second-order valence-electron chi connectivity index (χ2n) is 6.23. The normalized spacial score (nSPS) is 16.8. The quantitative estimate of drug-likeness (QED) is 0.712. The topological polar surface area (TPSA) is 77.3 Å². The number of carbonyl (C=O) groups is 1. The molecule has 2 aromatic heterocycles. The lowest BCUT2D eigenvalue weighted by molar-refractivity contribution is -0.131. The lowest BCUT2D eigenvalue weighted by Gasteiger charge is -2.17. The Morgan fingerprint density at radius 3 is 2.92 bits per heavy atom. The number of aromatic nitrogens is 3. The summed E-state index contributed by atoms with van der Waals surface area (Å²) in [7, 11) is 0. The van der Waals surface area contributed by atoms with Gasteiger partial charge in [0.05, 0.1) is 12.1 Å². The van der Waals surface area contributed by atoms with Crippen LogP contribution in [0.25, 0.3) is 10.9 Å². The first-order valence-electron chi connectivity index (χ1n) is 8.51. The minimum Gasteiger partial charge on any atom is -0.472 e. The van der Waals surface area contributed by atoms with Crippen molar-refractivity contribution in [1.29, 1.82) is 0 Å². The van der Waals surface area contributed by atoms with Crippen molar-refractivity contribution in [3.63, 3.8) is 0 Å². The van der Waals surface area contributed by atoms with Gasteiger partial charge in [-0.15, -0.1) is 0 Å². The number of hydrogen-bond donors (Lipinski definition) is 0. The highest BCUT2D eigenvalue weighted by Crippen LogP contribution is 2.20. The SMILES string of the molecule is O=C(Cn1ncccc1=O)N1CCC(Oc2ccc3ccccc3n2)C1. The van der Waals surface area contributed by atoms with Gasteiger partial charge < -0.3 is 9.64 Å². The van der Waals surface area contributed by atoms with Gasteiger partial charge in [-0.25, -0.2) is 9.67 Å². The number of benzene rings is 1. The van der Waals surface area contributed by atoms with E-state index in [1.54, 1.807) is 11.0 Å². The maximum absolute atomic E-state index is 12.4. The highest BCUT2D eigenvalue weighted by Gasteiger charge is 2.28. The average Bonchev–Trinajstić information content (AvgIpc) is 3.12. The number of likely N-dealkylation sites (tertiary alicyclic amines) is 1. The number of ether oxygens (including phenoxy) is 1. The van der Waals surface area contributed by atoms with Gasteiger partial charge in [-0.2, -0.15) is 5.10 Å². The fourth-order valence-corrected chi connectivity index (χ4v) is 3.07. The van der Waals surface area contributed by atoms with Crippen LogP contribution in [-0.4, -0.2) is 44.8 Å². The fraction of sp³-hybridized carbons (Fsp3) is 0.263. The first kappa shape index (κ1) is 16.3. The van der Waals surface area contributed by atoms with Crippen molar-refractivity contribution in [3.05, 3.63) is 65.1 Å². The number of hydrogen-bond acceptors (Lipinski definition) is 5. The monoisotopic (exact) mass is 350 g/mol. The molecule has 1 amide bonds. The van der Waals surface area contributed by atoms with E-state index in [0.29, 0.717) is 19.0 Å². The molecule has 26 heavy (non-hydrogen) atoms. The van der Waals surface area contributed by atoms with E-state index in [4.69, 9.17) is 4.74 Å². The molecular formula is C19H18N4O3. The van der Waals surface area contributed by atoms with Crippen molar-refractivity contribution in [3.8, 4) is 5.88 Å². The molecule has 7 nitrogen and oxygen atoms in total. The van der Waals surface area contributed by atoms with Crippen molar-refractivity contribution in [1.82, 2.24) is 19.7 Å². The number of rotatable bonds is 4. The first-order chi connectivity index (χ1) is 12.7. The Morgan fingerprint density at radius 1 is 1.15 bits per heavy atom. The van der Waals surface area contributed by atoms with E-state index in [9.17, 15) is 9.59 Å². The molecule has 132 valence electrons. The number of carbonyl (C=O) groups excluding carboxylic acids is 1. The predicted octanol–water partition coefficient (Wildman–Crippen LogP) is 1.47. The number of para-hydroxylation sites is 1. The van der Waals surface area contributed by atoms with Gasteiger partial charge in [0.1, 0.15) is 12.6 Å². The molecule has 3 aromatic rings. The van der Waals surface area contributed by atoms with E-state index in [2.05, 4.69) is 10.1 Å². The zero-order chi connectivity index (χ0) is 17.9. The Hall–Kier alpha value is -3.22. The predicted molar refractivity (Wildman–Crippen MR) is 95.9 cm³/mol. The van der Waals surface area contributed by atoms with Gasteiger partial charge in [0.25, 0.3) is 5.56 Å². The van der Waals surface area contributed by atoms with Crippen LogP contribution in [0, 0.1) is 0 Å². The van der Waals surface area contributed by atoms with E-state index in [1.807, 2.05) is 36.4 Å². The van der Waals surface area contributed by atoms with Crippen molar-refractivity contribution < 1.29 is 9.53 Å². The van der Waals surface area contributed by atoms with E-state index >= 15 is 0 Å². The molecular weight excluding hydrogens is 332 g/mol. The molecule has 0 N–H and O–H groups in total. The number of fused-ring (bicyclic) bond motifs is 1. The van der Waals surface area contributed by atoms with Crippen LogP contribution in [0.15, 0.2) is 59.5 Å². The molecule has 0 radical (unpaired) electrons. The van der Waals surface area contributed by atoms with Crippen LogP contribution in [0.2, 0.25) is 0 Å². The molecule has 1 fully saturated rings. The van der Waals surface area contributed by atoms with E-state index in [0.717, 1.165) is 17.3 Å². The molecule has 1 unspecified atom stereocenters. The van der Waals surface area contributed by atoms with Gasteiger partial charge in [0.15, 0.2) is 0 Å². The van der Waals surface area contributed by atoms with Crippen LogP contribution < -0.4 is 10.3 Å². The van der Waals surface area contributed by atoms with E-state index in [-0.39, 0.29) is 24.1 Å². The lowest BCUT2D eigenvalue weighted by atomic mass is 10.2. The second kappa shape index (κ2) is 6.95. The molecule has 0 saturated carbocycles. The summed E-state index contributed by atoms with van der Waals surface area (Å²) in [5.41, 5.74) is 0.596. The maximum Gasteiger partial charge on any atom is 0.267 e. The van der Waals surface area contributed by atoms with Crippen molar-refractivity contribution in [2.45, 2.75) is 19.1 Å². The summed E-state index contributed by atoms with van der Waals surface area (Å²) < 4.78 is 7.12. The minimum atomic E-state index is -0.284. The molecule has 1 aromatic carbocycles. The maximum atomic E-state index is 12.4. The van der Waals surface area contributed by atoms with Crippen molar-refractivity contribution in [2.24, 2.45) is 0 Å². The van der Waals surface area contributed by atoms with Crippen LogP contribution in [0.3, 0.4) is 0 Å². The Labute approximate surface area is 149 Å². The Morgan fingerprint density at radius 2 is 2.04 bits per heavy atom. The summed E-state index contributed by atoms with van der Waals surface area (Å²) in [6.45, 7) is 1.02. The zero-order valence-electron chi connectivity index (χ0n) is 14.1. The largest absolute Gasteiger partial charge is 0.472 e. The van der Waals surface area contributed by atoms with Gasteiger partial charge in [-0.05, 0) is 18.2 Å². The summed E-state index contributed by atoms with van der Waals surface area (Å²) in [5, 5.41) is 4.98. The van der Waals surface area contributed by atoms with Gasteiger partial charge in [0.2, 0.25) is 11.8 Å². The van der Waals surface area contributed by atoms with Gasteiger partial charge >= 0.3 is 0 Å². The number of amides is 1. The molecule has 3 heterocycles. The zero-order valence-corrected chi connectivity index (χ0v) is 14.1. The molecule has 1 aliphatic rings. The minimum absolute atomic E-state index is 0.0549. The third-order valence-corrected chi connectivity index (χ3v) is 4.43. The molecule has 7 heteroatoms. The third kappa shape index (κ3) is 3.42. The smallest absolute Gasteiger partial charge is 0.267 e. The van der Waals surface area contributed by atoms with E-state index in [1.165, 1.54) is 16.9 Å². The molecule has 0 bridgehead atoms. The first-order valence-corrected chi connectivity index (χ1v) is 8.51. The Balaban J connectivity index is 1.39. The van der Waals surface area contributed by atoms with Gasteiger partial charge in [0, 0.05) is 36.7 Å². The number of pyridine rings is 1. The van der Waals surface area contributed by atoms with Crippen molar-refractivity contribution >= 4 is 16.8 Å². The highest BCUT2D eigenvalue weighted by atomic mass is 16.5. The number of nitrogens with zero attached hydrogens (tertiary/aromatic N) is 4. The van der Waals surface area contributed by atoms with Gasteiger partial charge in [-0.1, -0.05) is 18.2 Å². The summed E-state index contributed by atoms with van der Waals surface area (Å²) in [6, 6.07) is 14.6. The molecule has 4 rings (SSSR count).